The Kier molecular flexibility index (Phi) is 6.20. The predicted molar refractivity (Wildman–Crippen MR) is 101 cm³/mol. The molecule has 1 aliphatic heterocycles. The van der Waals surface area contributed by atoms with E-state index in [-0.39, 0.29) is 12.5 Å². The maximum atomic E-state index is 11.8. The Balaban J connectivity index is 1.54. The number of hydrogen-bond donors (Lipinski definition) is 2. The highest BCUT2D eigenvalue weighted by atomic mass is 16.7. The van der Waals surface area contributed by atoms with Crippen molar-refractivity contribution in [2.24, 2.45) is 4.99 Å². The normalized spacial score (nSPS) is 16.6. The van der Waals surface area contributed by atoms with Crippen LogP contribution in [-0.4, -0.2) is 56.8 Å². The first kappa shape index (κ1) is 18.4. The van der Waals surface area contributed by atoms with Crippen LogP contribution < -0.4 is 20.1 Å². The molecule has 1 heterocycles. The van der Waals surface area contributed by atoms with Gasteiger partial charge in [-0.1, -0.05) is 18.9 Å². The van der Waals surface area contributed by atoms with Gasteiger partial charge in [0.1, 0.15) is 6.54 Å². The van der Waals surface area contributed by atoms with Crippen molar-refractivity contribution < 1.29 is 14.3 Å². The van der Waals surface area contributed by atoms with E-state index < -0.39 is 0 Å². The fraction of sp³-hybridized carbons (Fsp3) is 0.579. The van der Waals surface area contributed by atoms with E-state index in [1.807, 2.05) is 18.2 Å². The van der Waals surface area contributed by atoms with Gasteiger partial charge in [-0.05, 0) is 37.0 Å². The topological polar surface area (TPSA) is 75.2 Å². The number of likely N-dealkylation sites (N-methyl/N-ethyl adjacent to an activating group) is 1. The van der Waals surface area contributed by atoms with Gasteiger partial charge in [0.25, 0.3) is 0 Å². The molecule has 1 fully saturated rings. The number of carbonyl (C=O) groups is 1. The number of amides is 1. The van der Waals surface area contributed by atoms with Crippen molar-refractivity contribution in [2.45, 2.75) is 38.1 Å². The smallest absolute Gasteiger partial charge is 0.243 e. The van der Waals surface area contributed by atoms with Gasteiger partial charge in [-0.25, -0.2) is 4.99 Å². The van der Waals surface area contributed by atoms with E-state index in [1.165, 1.54) is 18.4 Å². The summed E-state index contributed by atoms with van der Waals surface area (Å²) in [7, 11) is 3.49. The van der Waals surface area contributed by atoms with E-state index in [0.717, 1.165) is 37.3 Å². The average molecular weight is 360 g/mol. The lowest BCUT2D eigenvalue weighted by Crippen LogP contribution is -2.43. The van der Waals surface area contributed by atoms with Crippen molar-refractivity contribution in [3.05, 3.63) is 23.8 Å². The molecule has 1 saturated carbocycles. The first-order valence-corrected chi connectivity index (χ1v) is 9.25. The Labute approximate surface area is 154 Å². The van der Waals surface area contributed by atoms with Crippen molar-refractivity contribution in [1.82, 2.24) is 15.5 Å². The molecule has 0 bridgehead atoms. The van der Waals surface area contributed by atoms with Gasteiger partial charge in [0.2, 0.25) is 12.7 Å². The summed E-state index contributed by atoms with van der Waals surface area (Å²) in [4.78, 5) is 17.8. The summed E-state index contributed by atoms with van der Waals surface area (Å²) in [5.41, 5.74) is 1.17. The lowest BCUT2D eigenvalue weighted by Gasteiger charge is -2.18. The highest BCUT2D eigenvalue weighted by Gasteiger charge is 2.17. The lowest BCUT2D eigenvalue weighted by atomic mass is 10.1. The molecule has 7 nitrogen and oxygen atoms in total. The highest BCUT2D eigenvalue weighted by Crippen LogP contribution is 2.32. The van der Waals surface area contributed by atoms with Crippen LogP contribution in [-0.2, 0) is 11.2 Å². The predicted octanol–water partition coefficient (Wildman–Crippen LogP) is 1.52. The van der Waals surface area contributed by atoms with Crippen molar-refractivity contribution >= 4 is 11.9 Å². The van der Waals surface area contributed by atoms with E-state index in [9.17, 15) is 4.79 Å². The Bertz CT molecular complexity index is 654. The van der Waals surface area contributed by atoms with Crippen LogP contribution in [0.3, 0.4) is 0 Å². The largest absolute Gasteiger partial charge is 0.454 e. The van der Waals surface area contributed by atoms with Crippen molar-refractivity contribution in [2.75, 3.05) is 34.0 Å². The molecular formula is C19H28N4O3. The number of fused-ring (bicyclic) bond motifs is 1. The lowest BCUT2D eigenvalue weighted by molar-refractivity contribution is -0.127. The molecule has 1 aliphatic carbocycles. The zero-order valence-corrected chi connectivity index (χ0v) is 15.6. The minimum atomic E-state index is -0.00621. The number of carbonyl (C=O) groups excluding carboxylic acids is 1. The third kappa shape index (κ3) is 5.03. The first-order chi connectivity index (χ1) is 12.6. The minimum absolute atomic E-state index is 0.00621. The van der Waals surface area contributed by atoms with Crippen LogP contribution in [0.2, 0.25) is 0 Å². The summed E-state index contributed by atoms with van der Waals surface area (Å²) in [6.45, 7) is 1.17. The molecule has 0 aromatic heterocycles. The van der Waals surface area contributed by atoms with Gasteiger partial charge in [0.05, 0.1) is 0 Å². The second-order valence-corrected chi connectivity index (χ2v) is 6.94. The van der Waals surface area contributed by atoms with Gasteiger partial charge in [-0.15, -0.1) is 0 Å². The molecule has 1 aromatic rings. The molecule has 26 heavy (non-hydrogen) atoms. The second kappa shape index (κ2) is 8.78. The zero-order chi connectivity index (χ0) is 18.4. The van der Waals surface area contributed by atoms with Gasteiger partial charge in [-0.3, -0.25) is 4.79 Å². The van der Waals surface area contributed by atoms with Gasteiger partial charge >= 0.3 is 0 Å². The summed E-state index contributed by atoms with van der Waals surface area (Å²) >= 11 is 0. The average Bonchev–Trinajstić information content (AvgIpc) is 3.30. The van der Waals surface area contributed by atoms with Crippen LogP contribution >= 0.6 is 0 Å². The van der Waals surface area contributed by atoms with Gasteiger partial charge < -0.3 is 25.0 Å². The quantitative estimate of drug-likeness (QED) is 0.594. The maximum absolute atomic E-state index is 11.8. The third-order valence-corrected chi connectivity index (χ3v) is 4.71. The third-order valence-electron chi connectivity index (χ3n) is 4.71. The van der Waals surface area contributed by atoms with E-state index in [4.69, 9.17) is 9.47 Å². The Hall–Kier alpha value is -2.44. The molecule has 0 atom stereocenters. The molecule has 142 valence electrons. The summed E-state index contributed by atoms with van der Waals surface area (Å²) in [6, 6.07) is 6.45. The molecule has 1 amide bonds. The van der Waals surface area contributed by atoms with E-state index in [0.29, 0.717) is 18.8 Å². The molecule has 7 heteroatoms. The van der Waals surface area contributed by atoms with Crippen molar-refractivity contribution in [1.29, 1.82) is 0 Å². The Morgan fingerprint density at radius 1 is 1.23 bits per heavy atom. The Morgan fingerprint density at radius 2 is 2.00 bits per heavy atom. The molecule has 0 saturated heterocycles. The number of rotatable bonds is 6. The SMILES string of the molecule is CN(C)C(=O)CN=C(NCCc1ccc2c(c1)OCO2)NC1CCCC1. The standard InChI is InChI=1S/C19H28N4O3/c1-23(2)18(24)12-21-19(22-15-5-3-4-6-15)20-10-9-14-7-8-16-17(11-14)26-13-25-16/h7-8,11,15H,3-6,9-10,12-13H2,1-2H3,(H2,20,21,22). The second-order valence-electron chi connectivity index (χ2n) is 6.94. The number of nitrogens with one attached hydrogen (secondary N) is 2. The fourth-order valence-corrected chi connectivity index (χ4v) is 3.13. The monoisotopic (exact) mass is 360 g/mol. The summed E-state index contributed by atoms with van der Waals surface area (Å²) in [6.07, 6.45) is 5.65. The molecule has 3 rings (SSSR count). The Morgan fingerprint density at radius 3 is 2.77 bits per heavy atom. The minimum Gasteiger partial charge on any atom is -0.454 e. The number of hydrogen-bond acceptors (Lipinski definition) is 4. The van der Waals surface area contributed by atoms with E-state index in [2.05, 4.69) is 15.6 Å². The van der Waals surface area contributed by atoms with E-state index in [1.54, 1.807) is 19.0 Å². The van der Waals surface area contributed by atoms with Gasteiger partial charge in [0.15, 0.2) is 17.5 Å². The number of nitrogens with zero attached hydrogens (tertiary/aromatic N) is 2. The van der Waals surface area contributed by atoms with Crippen LogP contribution in [0.5, 0.6) is 11.5 Å². The number of guanidine groups is 1. The molecule has 2 N–H and O–H groups in total. The zero-order valence-electron chi connectivity index (χ0n) is 15.6. The molecule has 2 aliphatic rings. The maximum Gasteiger partial charge on any atom is 0.243 e. The molecular weight excluding hydrogens is 332 g/mol. The van der Waals surface area contributed by atoms with Crippen LogP contribution in [0.4, 0.5) is 0 Å². The molecule has 0 radical (unpaired) electrons. The number of ether oxygens (including phenoxy) is 2. The summed E-state index contributed by atoms with van der Waals surface area (Å²) in [5.74, 6) is 2.31. The van der Waals surface area contributed by atoms with Crippen LogP contribution in [0.15, 0.2) is 23.2 Å². The number of aliphatic imine (C=N–C) groups is 1. The van der Waals surface area contributed by atoms with Crippen LogP contribution in [0.25, 0.3) is 0 Å². The van der Waals surface area contributed by atoms with Gasteiger partial charge in [-0.2, -0.15) is 0 Å². The van der Waals surface area contributed by atoms with Gasteiger partial charge in [0, 0.05) is 26.7 Å². The van der Waals surface area contributed by atoms with E-state index >= 15 is 0 Å². The van der Waals surface area contributed by atoms with Crippen LogP contribution in [0, 0.1) is 0 Å². The highest BCUT2D eigenvalue weighted by molar-refractivity contribution is 5.84. The fourth-order valence-electron chi connectivity index (χ4n) is 3.13. The van der Waals surface area contributed by atoms with Crippen molar-refractivity contribution in [3.8, 4) is 11.5 Å². The van der Waals surface area contributed by atoms with Crippen molar-refractivity contribution in [3.63, 3.8) is 0 Å². The molecule has 0 spiro atoms. The molecule has 0 unspecified atom stereocenters. The van der Waals surface area contributed by atoms with Crippen LogP contribution in [0.1, 0.15) is 31.2 Å². The summed E-state index contributed by atoms with van der Waals surface area (Å²) < 4.78 is 10.8. The molecule has 1 aromatic carbocycles. The first-order valence-electron chi connectivity index (χ1n) is 9.25. The summed E-state index contributed by atoms with van der Waals surface area (Å²) in [5, 5.41) is 6.81. The number of benzene rings is 1.